The van der Waals surface area contributed by atoms with Crippen molar-refractivity contribution >= 4 is 11.9 Å². The van der Waals surface area contributed by atoms with E-state index in [9.17, 15) is 22.4 Å². The average molecular weight is 230 g/mol. The average Bonchev–Trinajstić information content (AvgIpc) is 2.22. The lowest BCUT2D eigenvalue weighted by Gasteiger charge is -2.29. The monoisotopic (exact) mass is 230 g/mol. The maximum atomic E-state index is 13.9. The zero-order valence-corrected chi connectivity index (χ0v) is 7.88. The summed E-state index contributed by atoms with van der Waals surface area (Å²) in [5.74, 6) is -1.58. The molecule has 1 unspecified atom stereocenters. The van der Waals surface area contributed by atoms with Crippen molar-refractivity contribution in [2.45, 2.75) is 11.8 Å². The SMILES string of the molecule is O=C1C=Cc2ccccc2C1(F)C(F)(F)F. The molecule has 0 spiro atoms. The minimum absolute atomic E-state index is 0.0712. The fourth-order valence-corrected chi connectivity index (χ4v) is 1.66. The molecular weight excluding hydrogens is 224 g/mol. The first-order valence-corrected chi connectivity index (χ1v) is 4.45. The lowest BCUT2D eigenvalue weighted by molar-refractivity contribution is -0.227. The molecule has 1 aliphatic carbocycles. The summed E-state index contributed by atoms with van der Waals surface area (Å²) in [6.07, 6.45) is -3.44. The quantitative estimate of drug-likeness (QED) is 0.626. The highest BCUT2D eigenvalue weighted by atomic mass is 19.4. The summed E-state index contributed by atoms with van der Waals surface area (Å²) in [5.41, 5.74) is -4.49. The van der Waals surface area contributed by atoms with Gasteiger partial charge in [0.2, 0.25) is 5.78 Å². The van der Waals surface area contributed by atoms with Crippen LogP contribution in [-0.4, -0.2) is 12.0 Å². The standard InChI is InChI=1S/C11H6F4O/c12-10(11(13,14)15)8-4-2-1-3-7(8)5-6-9(10)16/h1-6H. The van der Waals surface area contributed by atoms with Crippen LogP contribution in [0, 0.1) is 0 Å². The number of benzene rings is 1. The van der Waals surface area contributed by atoms with Gasteiger partial charge in [-0.3, -0.25) is 4.79 Å². The molecule has 0 saturated heterocycles. The Hall–Kier alpha value is -1.65. The number of allylic oxidation sites excluding steroid dienone is 1. The number of alkyl halides is 4. The number of fused-ring (bicyclic) bond motifs is 1. The Bertz CT molecular complexity index is 475. The van der Waals surface area contributed by atoms with Crippen LogP contribution in [0.4, 0.5) is 17.6 Å². The van der Waals surface area contributed by atoms with Gasteiger partial charge < -0.3 is 0 Å². The van der Waals surface area contributed by atoms with E-state index >= 15 is 0 Å². The third-order valence-electron chi connectivity index (χ3n) is 2.48. The molecule has 0 aliphatic heterocycles. The molecule has 0 amide bonds. The van der Waals surface area contributed by atoms with Gasteiger partial charge >= 0.3 is 6.18 Å². The molecule has 1 aromatic carbocycles. The fraction of sp³-hybridized carbons (Fsp3) is 0.182. The van der Waals surface area contributed by atoms with Gasteiger partial charge in [0.15, 0.2) is 0 Å². The van der Waals surface area contributed by atoms with Crippen LogP contribution >= 0.6 is 0 Å². The van der Waals surface area contributed by atoms with Gasteiger partial charge in [0.05, 0.1) is 0 Å². The summed E-state index contributed by atoms with van der Waals surface area (Å²) in [6, 6.07) is 5.06. The van der Waals surface area contributed by atoms with Gasteiger partial charge in [-0.15, -0.1) is 0 Å². The van der Waals surface area contributed by atoms with Crippen LogP contribution in [0.3, 0.4) is 0 Å². The van der Waals surface area contributed by atoms with Gasteiger partial charge in [-0.1, -0.05) is 30.3 Å². The van der Waals surface area contributed by atoms with Crippen LogP contribution in [0.15, 0.2) is 30.3 Å². The molecule has 1 aliphatic rings. The summed E-state index contributed by atoms with van der Waals surface area (Å²) in [4.78, 5) is 11.1. The van der Waals surface area contributed by atoms with Crippen molar-refractivity contribution in [3.63, 3.8) is 0 Å². The molecule has 1 nitrogen and oxygen atoms in total. The van der Waals surface area contributed by atoms with Gasteiger partial charge in [0.25, 0.3) is 5.67 Å². The van der Waals surface area contributed by atoms with Crippen LogP contribution in [0.5, 0.6) is 0 Å². The van der Waals surface area contributed by atoms with Crippen LogP contribution in [-0.2, 0) is 10.5 Å². The zero-order chi connectivity index (χ0) is 12.0. The third-order valence-corrected chi connectivity index (χ3v) is 2.48. The summed E-state index contributed by atoms with van der Waals surface area (Å²) in [6.45, 7) is 0. The molecule has 1 aromatic rings. The number of hydrogen-bond acceptors (Lipinski definition) is 1. The predicted molar refractivity (Wildman–Crippen MR) is 49.3 cm³/mol. The van der Waals surface area contributed by atoms with Gasteiger partial charge in [-0.05, 0) is 11.6 Å². The Morgan fingerprint density at radius 1 is 1.06 bits per heavy atom. The van der Waals surface area contributed by atoms with E-state index < -0.39 is 23.2 Å². The Balaban J connectivity index is 2.71. The normalized spacial score (nSPS) is 24.4. The second kappa shape index (κ2) is 3.17. The lowest BCUT2D eigenvalue weighted by Crippen LogP contribution is -2.46. The maximum absolute atomic E-state index is 13.9. The van der Waals surface area contributed by atoms with Crippen LogP contribution in [0.2, 0.25) is 0 Å². The van der Waals surface area contributed by atoms with E-state index in [0.717, 1.165) is 6.07 Å². The number of carbonyl (C=O) groups is 1. The van der Waals surface area contributed by atoms with Crippen molar-refractivity contribution in [1.29, 1.82) is 0 Å². The van der Waals surface area contributed by atoms with Gasteiger partial charge in [0.1, 0.15) is 0 Å². The molecule has 5 heteroatoms. The molecule has 84 valence electrons. The Kier molecular flexibility index (Phi) is 2.15. The molecule has 0 bridgehead atoms. The van der Waals surface area contributed by atoms with Crippen LogP contribution < -0.4 is 0 Å². The number of carbonyl (C=O) groups excluding carboxylic acids is 1. The summed E-state index contributed by atoms with van der Waals surface area (Å²) in [5, 5.41) is 0. The van der Waals surface area contributed by atoms with Crippen molar-refractivity contribution in [2.75, 3.05) is 0 Å². The smallest absolute Gasteiger partial charge is 0.290 e. The lowest BCUT2D eigenvalue weighted by atomic mass is 9.83. The summed E-state index contributed by atoms with van der Waals surface area (Å²) < 4.78 is 51.8. The van der Waals surface area contributed by atoms with Crippen molar-refractivity contribution in [3.8, 4) is 0 Å². The predicted octanol–water partition coefficient (Wildman–Crippen LogP) is 3.01. The first kappa shape index (κ1) is 10.9. The number of rotatable bonds is 0. The van der Waals surface area contributed by atoms with E-state index in [4.69, 9.17) is 0 Å². The Labute approximate surface area is 88.4 Å². The largest absolute Gasteiger partial charge is 0.434 e. The number of hydrogen-bond donors (Lipinski definition) is 0. The first-order chi connectivity index (χ1) is 7.37. The van der Waals surface area contributed by atoms with Crippen molar-refractivity contribution < 1.29 is 22.4 Å². The van der Waals surface area contributed by atoms with Gasteiger partial charge in [-0.25, -0.2) is 4.39 Å². The summed E-state index contributed by atoms with van der Waals surface area (Å²) in [7, 11) is 0. The fourth-order valence-electron chi connectivity index (χ4n) is 1.66. The van der Waals surface area contributed by atoms with Crippen LogP contribution in [0.25, 0.3) is 6.08 Å². The molecular formula is C11H6F4O. The third kappa shape index (κ3) is 1.27. The van der Waals surface area contributed by atoms with Crippen molar-refractivity contribution in [3.05, 3.63) is 41.5 Å². The molecule has 0 N–H and O–H groups in total. The van der Waals surface area contributed by atoms with E-state index in [1.807, 2.05) is 0 Å². The van der Waals surface area contributed by atoms with E-state index in [-0.39, 0.29) is 5.56 Å². The van der Waals surface area contributed by atoms with Crippen molar-refractivity contribution in [1.82, 2.24) is 0 Å². The molecule has 1 atom stereocenters. The van der Waals surface area contributed by atoms with Crippen LogP contribution in [0.1, 0.15) is 11.1 Å². The Morgan fingerprint density at radius 2 is 1.69 bits per heavy atom. The number of ketones is 1. The topological polar surface area (TPSA) is 17.1 Å². The molecule has 0 fully saturated rings. The second-order valence-electron chi connectivity index (χ2n) is 3.44. The number of halogens is 4. The highest BCUT2D eigenvalue weighted by Gasteiger charge is 2.63. The molecule has 0 aromatic heterocycles. The maximum Gasteiger partial charge on any atom is 0.434 e. The molecule has 0 heterocycles. The highest BCUT2D eigenvalue weighted by molar-refractivity contribution is 6.04. The van der Waals surface area contributed by atoms with E-state index in [0.29, 0.717) is 6.08 Å². The van der Waals surface area contributed by atoms with E-state index in [2.05, 4.69) is 0 Å². The van der Waals surface area contributed by atoms with Gasteiger partial charge in [0, 0.05) is 5.56 Å². The Morgan fingerprint density at radius 3 is 2.31 bits per heavy atom. The van der Waals surface area contributed by atoms with E-state index in [1.165, 1.54) is 24.3 Å². The minimum atomic E-state index is -5.25. The molecule has 0 radical (unpaired) electrons. The van der Waals surface area contributed by atoms with Gasteiger partial charge in [-0.2, -0.15) is 13.2 Å². The highest BCUT2D eigenvalue weighted by Crippen LogP contribution is 2.46. The zero-order valence-electron chi connectivity index (χ0n) is 7.88. The van der Waals surface area contributed by atoms with Crippen molar-refractivity contribution in [2.24, 2.45) is 0 Å². The minimum Gasteiger partial charge on any atom is -0.290 e. The summed E-state index contributed by atoms with van der Waals surface area (Å²) >= 11 is 0. The molecule has 2 rings (SSSR count). The molecule has 16 heavy (non-hydrogen) atoms. The first-order valence-electron chi connectivity index (χ1n) is 4.45. The molecule has 0 saturated carbocycles. The van der Waals surface area contributed by atoms with E-state index in [1.54, 1.807) is 0 Å². The second-order valence-corrected chi connectivity index (χ2v) is 3.44.